The zero-order chi connectivity index (χ0) is 49.9. The summed E-state index contributed by atoms with van der Waals surface area (Å²) < 4.78 is 60.4. The fourth-order valence-corrected chi connectivity index (χ4v) is 11.2. The summed E-state index contributed by atoms with van der Waals surface area (Å²) in [6.45, 7) is 0. The van der Waals surface area contributed by atoms with Gasteiger partial charge in [-0.05, 0) is 125 Å². The van der Waals surface area contributed by atoms with Crippen LogP contribution in [0.1, 0.15) is 46.4 Å². The van der Waals surface area contributed by atoms with Gasteiger partial charge in [0.2, 0.25) is 0 Å². The number of aromatic nitrogens is 6. The maximum Gasteiger partial charge on any atom is 0.488 e. The van der Waals surface area contributed by atoms with Crippen LogP contribution < -0.4 is 24.7 Å². The van der Waals surface area contributed by atoms with Crippen LogP contribution in [0.5, 0.6) is 0 Å². The number of pyridine rings is 4. The lowest BCUT2D eigenvalue weighted by Crippen LogP contribution is -2.33. The molecule has 2 saturated carbocycles. The molecule has 2 aliphatic rings. The fraction of sp³-hybridized carbons (Fsp3) is 0.174. The minimum atomic E-state index is -3.86. The lowest BCUT2D eigenvalue weighted by molar-refractivity contribution is 0.0955. The number of amides is 2. The molecule has 0 saturated heterocycles. The van der Waals surface area contributed by atoms with Crippen LogP contribution in [0.25, 0.3) is 22.2 Å². The third-order valence-electron chi connectivity index (χ3n) is 11.1. The van der Waals surface area contributed by atoms with Gasteiger partial charge < -0.3 is 20.7 Å². The van der Waals surface area contributed by atoms with Gasteiger partial charge in [-0.1, -0.05) is 47.5 Å². The number of carbonyl (C=O) groups is 2. The van der Waals surface area contributed by atoms with Crippen LogP contribution in [0.4, 0.5) is 11.6 Å². The summed E-state index contributed by atoms with van der Waals surface area (Å²) in [6.07, 6.45) is 12.7. The van der Waals surface area contributed by atoms with E-state index in [-0.39, 0.29) is 33.7 Å². The van der Waals surface area contributed by atoms with Crippen molar-refractivity contribution in [2.75, 3.05) is 22.7 Å². The van der Waals surface area contributed by atoms with Crippen molar-refractivity contribution in [1.82, 2.24) is 39.8 Å². The first-order valence-corrected chi connectivity index (χ1v) is 25.9. The highest BCUT2D eigenvalue weighted by atomic mass is 79.9. The number of sulfonamides is 2. The molecule has 0 bridgehead atoms. The van der Waals surface area contributed by atoms with Crippen molar-refractivity contribution in [2.45, 2.75) is 47.6 Å². The first-order valence-electron chi connectivity index (χ1n) is 21.4. The SMILES string of the molecule is CNC(=O)c1ccc(-c2cnn3ccc(S(=O)(=O)N(c4ccc(Cl)cn4)C4CC4)cc23)cc1.CNC(=O)c1ccc(B(O)O)cc1.O=S(=O)(c1ccn2ncc(Br)c2c1)N(c1ccc(Cl)cn1)C1CC1. The molecule has 6 heterocycles. The largest absolute Gasteiger partial charge is 0.488 e. The Kier molecular flexibility index (Phi) is 14.9. The first-order chi connectivity index (χ1) is 33.5. The number of benzene rings is 2. The zero-order valence-corrected chi connectivity index (χ0v) is 41.9. The molecular formula is C46H42BBrCl2N10O8S2. The van der Waals surface area contributed by atoms with E-state index in [1.54, 1.807) is 102 Å². The molecule has 6 aromatic heterocycles. The molecule has 360 valence electrons. The molecule has 2 fully saturated rings. The normalized spacial score (nSPS) is 13.4. The first kappa shape index (κ1) is 50.0. The Labute approximate surface area is 421 Å². The highest BCUT2D eigenvalue weighted by Crippen LogP contribution is 2.38. The summed E-state index contributed by atoms with van der Waals surface area (Å²) in [4.78, 5) is 31.7. The second kappa shape index (κ2) is 20.9. The lowest BCUT2D eigenvalue weighted by Gasteiger charge is -2.23. The predicted octanol–water partition coefficient (Wildman–Crippen LogP) is 6.00. The molecule has 18 nitrogen and oxygen atoms in total. The van der Waals surface area contributed by atoms with Gasteiger partial charge in [-0.2, -0.15) is 10.2 Å². The summed E-state index contributed by atoms with van der Waals surface area (Å²) in [7, 11) is -5.95. The van der Waals surface area contributed by atoms with E-state index in [1.165, 1.54) is 52.3 Å². The number of fused-ring (bicyclic) bond motifs is 2. The molecule has 2 amide bonds. The number of rotatable bonds is 12. The predicted molar refractivity (Wildman–Crippen MR) is 270 cm³/mol. The van der Waals surface area contributed by atoms with Gasteiger partial charge in [-0.15, -0.1) is 0 Å². The van der Waals surface area contributed by atoms with Gasteiger partial charge >= 0.3 is 7.12 Å². The highest BCUT2D eigenvalue weighted by Gasteiger charge is 2.40. The van der Waals surface area contributed by atoms with Crippen LogP contribution >= 0.6 is 39.1 Å². The molecule has 70 heavy (non-hydrogen) atoms. The number of nitrogens with one attached hydrogen (secondary N) is 2. The van der Waals surface area contributed by atoms with Crippen molar-refractivity contribution in [3.8, 4) is 11.1 Å². The number of carbonyl (C=O) groups excluding carboxylic acids is 2. The minimum Gasteiger partial charge on any atom is -0.423 e. The summed E-state index contributed by atoms with van der Waals surface area (Å²) in [5, 5.41) is 32.0. The molecule has 2 aromatic carbocycles. The van der Waals surface area contributed by atoms with E-state index < -0.39 is 27.2 Å². The van der Waals surface area contributed by atoms with Crippen LogP contribution in [0.3, 0.4) is 0 Å². The summed E-state index contributed by atoms with van der Waals surface area (Å²) >= 11 is 15.2. The second-order valence-corrected chi connectivity index (χ2v) is 21.3. The van der Waals surface area contributed by atoms with Crippen LogP contribution in [0, 0.1) is 0 Å². The molecule has 0 spiro atoms. The number of hydrogen-bond donors (Lipinski definition) is 4. The smallest absolute Gasteiger partial charge is 0.423 e. The van der Waals surface area contributed by atoms with Crippen LogP contribution in [-0.2, 0) is 20.0 Å². The van der Waals surface area contributed by atoms with E-state index in [0.717, 1.165) is 41.3 Å². The van der Waals surface area contributed by atoms with Crippen molar-refractivity contribution in [2.24, 2.45) is 0 Å². The third-order valence-corrected chi connectivity index (χ3v) is 15.8. The van der Waals surface area contributed by atoms with Gasteiger partial charge in [0, 0.05) is 67.7 Å². The monoisotopic (exact) mass is 1090 g/mol. The average molecular weight is 1090 g/mol. The Morgan fingerprint density at radius 1 is 0.643 bits per heavy atom. The topological polar surface area (TPSA) is 234 Å². The van der Waals surface area contributed by atoms with Crippen molar-refractivity contribution in [3.63, 3.8) is 0 Å². The molecular weight excluding hydrogens is 1050 g/mol. The van der Waals surface area contributed by atoms with Crippen molar-refractivity contribution in [3.05, 3.63) is 160 Å². The maximum atomic E-state index is 13.6. The van der Waals surface area contributed by atoms with Crippen molar-refractivity contribution < 1.29 is 36.5 Å². The van der Waals surface area contributed by atoms with E-state index in [9.17, 15) is 26.4 Å². The number of nitrogens with zero attached hydrogens (tertiary/aromatic N) is 8. The second-order valence-electron chi connectivity index (χ2n) is 15.9. The lowest BCUT2D eigenvalue weighted by atomic mass is 9.80. The number of hydrogen-bond acceptors (Lipinski definition) is 12. The average Bonchev–Trinajstić information content (AvgIpc) is 4.31. The van der Waals surface area contributed by atoms with Gasteiger partial charge in [0.25, 0.3) is 31.9 Å². The van der Waals surface area contributed by atoms with E-state index in [2.05, 4.69) is 46.7 Å². The number of anilines is 2. The molecule has 0 radical (unpaired) electrons. The molecule has 24 heteroatoms. The molecule has 0 unspecified atom stereocenters. The standard InChI is InChI=1S/C23H20ClN5O3S.C15H12BrClN4O2S.C8H10BNO3/c1-25-23(30)16-4-2-15(3-5-16)20-14-27-28-11-10-19(12-21(20)28)33(31,32)29(18-7-8-18)22-9-6-17(24)13-26-22;16-13-9-19-20-6-5-12(7-14(13)20)24(22,23)21(11-2-3-11)15-4-1-10(17)8-18-15;1-10-8(11)6-2-4-7(5-3-6)9(12)13/h2-6,9-14,18H,7-8H2,1H3,(H,25,30);1,4-9,11H,2-3H2;2-5,12-13H,1H3,(H,10,11). The molecule has 10 rings (SSSR count). The molecule has 8 aromatic rings. The van der Waals surface area contributed by atoms with Gasteiger partial charge in [0.1, 0.15) is 11.6 Å². The number of halogens is 3. The zero-order valence-electron chi connectivity index (χ0n) is 37.1. The summed E-state index contributed by atoms with van der Waals surface area (Å²) in [5.41, 5.74) is 4.32. The summed E-state index contributed by atoms with van der Waals surface area (Å²) in [5.74, 6) is 0.361. The third kappa shape index (κ3) is 11.0. The van der Waals surface area contributed by atoms with E-state index in [1.807, 2.05) is 12.1 Å². The molecule has 0 atom stereocenters. The van der Waals surface area contributed by atoms with Crippen LogP contribution in [0.15, 0.2) is 149 Å². The van der Waals surface area contributed by atoms with Crippen LogP contribution in [-0.4, -0.2) is 101 Å². The fourth-order valence-electron chi connectivity index (χ4n) is 7.19. The Bertz CT molecular complexity index is 3420. The van der Waals surface area contributed by atoms with E-state index in [4.69, 9.17) is 33.2 Å². The molecule has 0 aliphatic heterocycles. The highest BCUT2D eigenvalue weighted by molar-refractivity contribution is 9.10. The van der Waals surface area contributed by atoms with Gasteiger partial charge in [-0.25, -0.2) is 44.4 Å². The van der Waals surface area contributed by atoms with Gasteiger partial charge in [0.15, 0.2) is 0 Å². The molecule has 2 aliphatic carbocycles. The van der Waals surface area contributed by atoms with E-state index in [0.29, 0.717) is 49.3 Å². The van der Waals surface area contributed by atoms with Gasteiger partial charge in [0.05, 0.1) is 47.7 Å². The van der Waals surface area contributed by atoms with Crippen molar-refractivity contribution >= 4 is 106 Å². The van der Waals surface area contributed by atoms with Crippen LogP contribution in [0.2, 0.25) is 10.0 Å². The molecule has 4 N–H and O–H groups in total. The summed E-state index contributed by atoms with van der Waals surface area (Å²) in [6, 6.07) is 25.8. The quantitative estimate of drug-likeness (QED) is 0.103. The Morgan fingerprint density at radius 2 is 1.09 bits per heavy atom. The maximum absolute atomic E-state index is 13.6. The Morgan fingerprint density at radius 3 is 1.51 bits per heavy atom. The van der Waals surface area contributed by atoms with Gasteiger partial charge in [-0.3, -0.25) is 9.59 Å². The Hall–Kier alpha value is -6.40. The Balaban J connectivity index is 0.000000155. The van der Waals surface area contributed by atoms with Crippen molar-refractivity contribution in [1.29, 1.82) is 0 Å². The van der Waals surface area contributed by atoms with E-state index >= 15 is 0 Å². The minimum absolute atomic E-state index is 0.0618.